The van der Waals surface area contributed by atoms with Crippen molar-refractivity contribution in [2.45, 2.75) is 26.7 Å². The summed E-state index contributed by atoms with van der Waals surface area (Å²) >= 11 is 0. The van der Waals surface area contributed by atoms with Crippen LogP contribution in [0, 0.1) is 5.92 Å². The topological polar surface area (TPSA) is 17.1 Å². The fourth-order valence-corrected chi connectivity index (χ4v) is 1.45. The fraction of sp³-hybridized carbons (Fsp3) is 0.417. The lowest BCUT2D eigenvalue weighted by Gasteiger charge is -2.05. The van der Waals surface area contributed by atoms with Gasteiger partial charge in [-0.15, -0.1) is 0 Å². The largest absolute Gasteiger partial charge is 0.303 e. The maximum absolute atomic E-state index is 10.3. The Kier molecular flexibility index (Phi) is 3.69. The third-order valence-electron chi connectivity index (χ3n) is 1.95. The zero-order valence-corrected chi connectivity index (χ0v) is 8.29. The summed E-state index contributed by atoms with van der Waals surface area (Å²) in [4.78, 5) is 10.3. The van der Waals surface area contributed by atoms with E-state index in [2.05, 4.69) is 26.0 Å². The SMILES string of the molecule is CC(C)Cc1cccc(CC=O)c1. The van der Waals surface area contributed by atoms with Gasteiger partial charge in [0.25, 0.3) is 0 Å². The number of rotatable bonds is 4. The van der Waals surface area contributed by atoms with Gasteiger partial charge in [0.1, 0.15) is 6.29 Å². The number of hydrogen-bond acceptors (Lipinski definition) is 1. The summed E-state index contributed by atoms with van der Waals surface area (Å²) in [6.45, 7) is 4.40. The van der Waals surface area contributed by atoms with Gasteiger partial charge in [0.2, 0.25) is 0 Å². The van der Waals surface area contributed by atoms with Gasteiger partial charge in [0.05, 0.1) is 0 Å². The van der Waals surface area contributed by atoms with E-state index in [4.69, 9.17) is 0 Å². The van der Waals surface area contributed by atoms with Crippen molar-refractivity contribution in [2.24, 2.45) is 5.92 Å². The Morgan fingerprint density at radius 1 is 1.31 bits per heavy atom. The molecule has 0 amide bonds. The molecular formula is C12H16O. The molecule has 0 atom stereocenters. The van der Waals surface area contributed by atoms with E-state index in [0.717, 1.165) is 18.3 Å². The van der Waals surface area contributed by atoms with Crippen molar-refractivity contribution in [3.8, 4) is 0 Å². The summed E-state index contributed by atoms with van der Waals surface area (Å²) in [5.74, 6) is 0.673. The lowest BCUT2D eigenvalue weighted by molar-refractivity contribution is -0.107. The summed E-state index contributed by atoms with van der Waals surface area (Å²) in [7, 11) is 0. The van der Waals surface area contributed by atoms with Crippen LogP contribution in [0.15, 0.2) is 24.3 Å². The molecule has 0 heterocycles. The minimum absolute atomic E-state index is 0.534. The number of aldehydes is 1. The maximum atomic E-state index is 10.3. The first kappa shape index (κ1) is 9.97. The molecule has 70 valence electrons. The van der Waals surface area contributed by atoms with Crippen LogP contribution in [0.5, 0.6) is 0 Å². The van der Waals surface area contributed by atoms with Gasteiger partial charge in [-0.1, -0.05) is 38.1 Å². The van der Waals surface area contributed by atoms with Crippen LogP contribution >= 0.6 is 0 Å². The van der Waals surface area contributed by atoms with Crippen LogP contribution < -0.4 is 0 Å². The summed E-state index contributed by atoms with van der Waals surface area (Å²) in [6.07, 6.45) is 2.58. The van der Waals surface area contributed by atoms with Crippen molar-refractivity contribution < 1.29 is 4.79 Å². The minimum atomic E-state index is 0.534. The third kappa shape index (κ3) is 3.41. The molecule has 1 aromatic rings. The number of benzene rings is 1. The maximum Gasteiger partial charge on any atom is 0.124 e. The van der Waals surface area contributed by atoms with Crippen molar-refractivity contribution in [1.29, 1.82) is 0 Å². The summed E-state index contributed by atoms with van der Waals surface area (Å²) in [6, 6.07) is 8.26. The quantitative estimate of drug-likeness (QED) is 0.644. The zero-order valence-electron chi connectivity index (χ0n) is 8.29. The Bertz CT molecular complexity index is 276. The summed E-state index contributed by atoms with van der Waals surface area (Å²) in [5.41, 5.74) is 2.45. The average Bonchev–Trinajstić information content (AvgIpc) is 2.04. The molecule has 0 unspecified atom stereocenters. The van der Waals surface area contributed by atoms with Crippen molar-refractivity contribution in [3.63, 3.8) is 0 Å². The van der Waals surface area contributed by atoms with E-state index in [1.165, 1.54) is 5.56 Å². The second-order valence-corrected chi connectivity index (χ2v) is 3.79. The molecule has 0 spiro atoms. The normalized spacial score (nSPS) is 10.4. The Morgan fingerprint density at radius 3 is 2.62 bits per heavy atom. The molecule has 0 bridgehead atoms. The molecule has 0 aromatic heterocycles. The van der Waals surface area contributed by atoms with Gasteiger partial charge >= 0.3 is 0 Å². The summed E-state index contributed by atoms with van der Waals surface area (Å²) in [5, 5.41) is 0. The van der Waals surface area contributed by atoms with E-state index in [-0.39, 0.29) is 0 Å². The summed E-state index contributed by atoms with van der Waals surface area (Å²) < 4.78 is 0. The number of hydrogen-bond donors (Lipinski definition) is 0. The fourth-order valence-electron chi connectivity index (χ4n) is 1.45. The van der Waals surface area contributed by atoms with Crippen LogP contribution in [0.2, 0.25) is 0 Å². The van der Waals surface area contributed by atoms with E-state index in [9.17, 15) is 4.79 Å². The van der Waals surface area contributed by atoms with E-state index in [1.807, 2.05) is 12.1 Å². The van der Waals surface area contributed by atoms with Crippen LogP contribution in [-0.2, 0) is 17.6 Å². The second kappa shape index (κ2) is 4.80. The lowest BCUT2D eigenvalue weighted by Crippen LogP contribution is -1.95. The monoisotopic (exact) mass is 176 g/mol. The van der Waals surface area contributed by atoms with Gasteiger partial charge in [-0.25, -0.2) is 0 Å². The van der Waals surface area contributed by atoms with Crippen LogP contribution in [0.4, 0.5) is 0 Å². The van der Waals surface area contributed by atoms with Crippen LogP contribution in [-0.4, -0.2) is 6.29 Å². The van der Waals surface area contributed by atoms with E-state index in [1.54, 1.807) is 0 Å². The van der Waals surface area contributed by atoms with Gasteiger partial charge in [0.15, 0.2) is 0 Å². The Balaban J connectivity index is 2.72. The molecule has 0 N–H and O–H groups in total. The van der Waals surface area contributed by atoms with E-state index >= 15 is 0 Å². The van der Waals surface area contributed by atoms with E-state index < -0.39 is 0 Å². The smallest absolute Gasteiger partial charge is 0.124 e. The van der Waals surface area contributed by atoms with Crippen molar-refractivity contribution in [2.75, 3.05) is 0 Å². The highest BCUT2D eigenvalue weighted by Crippen LogP contribution is 2.10. The van der Waals surface area contributed by atoms with Gasteiger partial charge in [-0.05, 0) is 23.5 Å². The lowest BCUT2D eigenvalue weighted by atomic mass is 10.0. The molecule has 0 aliphatic carbocycles. The second-order valence-electron chi connectivity index (χ2n) is 3.79. The predicted octanol–water partition coefficient (Wildman–Crippen LogP) is 2.63. The highest BCUT2D eigenvalue weighted by molar-refractivity contribution is 5.55. The first-order chi connectivity index (χ1) is 6.22. The van der Waals surface area contributed by atoms with Crippen molar-refractivity contribution in [1.82, 2.24) is 0 Å². The first-order valence-corrected chi connectivity index (χ1v) is 4.74. The number of carbonyl (C=O) groups excluding carboxylic acids is 1. The van der Waals surface area contributed by atoms with E-state index in [0.29, 0.717) is 12.3 Å². The molecule has 1 heteroatoms. The predicted molar refractivity (Wildman–Crippen MR) is 54.8 cm³/mol. The van der Waals surface area contributed by atoms with Crippen molar-refractivity contribution in [3.05, 3.63) is 35.4 Å². The molecular weight excluding hydrogens is 160 g/mol. The van der Waals surface area contributed by atoms with Gasteiger partial charge < -0.3 is 4.79 Å². The molecule has 1 aromatic carbocycles. The molecule has 0 aliphatic rings. The van der Waals surface area contributed by atoms with Gasteiger partial charge in [0, 0.05) is 6.42 Å². The number of carbonyl (C=O) groups is 1. The highest BCUT2D eigenvalue weighted by atomic mass is 16.1. The molecule has 0 radical (unpaired) electrons. The Morgan fingerprint density at radius 2 is 2.00 bits per heavy atom. The Labute approximate surface area is 79.8 Å². The van der Waals surface area contributed by atoms with Gasteiger partial charge in [-0.3, -0.25) is 0 Å². The molecule has 0 saturated heterocycles. The molecule has 1 rings (SSSR count). The first-order valence-electron chi connectivity index (χ1n) is 4.74. The molecule has 0 aliphatic heterocycles. The average molecular weight is 176 g/mol. The van der Waals surface area contributed by atoms with Crippen LogP contribution in [0.25, 0.3) is 0 Å². The third-order valence-corrected chi connectivity index (χ3v) is 1.95. The van der Waals surface area contributed by atoms with Crippen molar-refractivity contribution >= 4 is 6.29 Å². The Hall–Kier alpha value is -1.11. The molecule has 0 fully saturated rings. The molecule has 1 nitrogen and oxygen atoms in total. The molecule has 0 saturated carbocycles. The molecule has 13 heavy (non-hydrogen) atoms. The minimum Gasteiger partial charge on any atom is -0.303 e. The van der Waals surface area contributed by atoms with Crippen LogP contribution in [0.1, 0.15) is 25.0 Å². The van der Waals surface area contributed by atoms with Gasteiger partial charge in [-0.2, -0.15) is 0 Å². The van der Waals surface area contributed by atoms with Crippen LogP contribution in [0.3, 0.4) is 0 Å². The highest BCUT2D eigenvalue weighted by Gasteiger charge is 1.98. The zero-order chi connectivity index (χ0) is 9.68. The standard InChI is InChI=1S/C12H16O/c1-10(2)8-12-5-3-4-11(9-12)6-7-13/h3-5,7,9-10H,6,8H2,1-2H3.